The first-order chi connectivity index (χ1) is 6.75. The molecule has 14 heavy (non-hydrogen) atoms. The molecule has 0 spiro atoms. The van der Waals surface area contributed by atoms with Gasteiger partial charge in [-0.25, -0.2) is 4.98 Å². The molecule has 1 aliphatic rings. The van der Waals surface area contributed by atoms with Gasteiger partial charge in [0.25, 0.3) is 0 Å². The first-order valence-electron chi connectivity index (χ1n) is 5.15. The van der Waals surface area contributed by atoms with E-state index >= 15 is 0 Å². The number of aromatic amines is 1. The van der Waals surface area contributed by atoms with Crippen molar-refractivity contribution >= 4 is 0 Å². The molecule has 1 fully saturated rings. The lowest BCUT2D eigenvalue weighted by Gasteiger charge is -2.11. The summed E-state index contributed by atoms with van der Waals surface area (Å²) < 4.78 is 0. The van der Waals surface area contributed by atoms with E-state index in [1.807, 2.05) is 6.92 Å². The van der Waals surface area contributed by atoms with E-state index in [0.717, 1.165) is 12.4 Å². The summed E-state index contributed by atoms with van der Waals surface area (Å²) >= 11 is 0. The van der Waals surface area contributed by atoms with Crippen molar-refractivity contribution in [2.45, 2.75) is 32.4 Å². The van der Waals surface area contributed by atoms with Gasteiger partial charge < -0.3 is 5.73 Å². The maximum Gasteiger partial charge on any atom is 0.167 e. The molecule has 0 bridgehead atoms. The lowest BCUT2D eigenvalue weighted by molar-refractivity contribution is 0.323. The molecule has 2 heterocycles. The SMILES string of the molecule is CC(N)c1n[nH]c(CN2CCCC2)n1. The summed E-state index contributed by atoms with van der Waals surface area (Å²) in [6.07, 6.45) is 2.60. The summed E-state index contributed by atoms with van der Waals surface area (Å²) in [6.45, 7) is 5.12. The van der Waals surface area contributed by atoms with Crippen LogP contribution >= 0.6 is 0 Å². The fraction of sp³-hybridized carbons (Fsp3) is 0.778. The van der Waals surface area contributed by atoms with Gasteiger partial charge in [-0.1, -0.05) is 0 Å². The predicted octanol–water partition coefficient (Wildman–Crippen LogP) is 0.420. The zero-order valence-corrected chi connectivity index (χ0v) is 8.53. The Kier molecular flexibility index (Phi) is 2.79. The highest BCUT2D eigenvalue weighted by Gasteiger charge is 2.14. The molecular weight excluding hydrogens is 178 g/mol. The Balaban J connectivity index is 1.95. The minimum atomic E-state index is -0.0846. The fourth-order valence-corrected chi connectivity index (χ4v) is 1.74. The van der Waals surface area contributed by atoms with Crippen molar-refractivity contribution in [1.29, 1.82) is 0 Å². The van der Waals surface area contributed by atoms with Crippen LogP contribution in [0.25, 0.3) is 0 Å². The third-order valence-corrected chi connectivity index (χ3v) is 2.53. The topological polar surface area (TPSA) is 70.8 Å². The summed E-state index contributed by atoms with van der Waals surface area (Å²) in [5, 5.41) is 7.00. The lowest BCUT2D eigenvalue weighted by Crippen LogP contribution is -2.19. The molecule has 78 valence electrons. The number of likely N-dealkylation sites (tertiary alicyclic amines) is 1. The molecule has 0 aliphatic carbocycles. The van der Waals surface area contributed by atoms with Crippen LogP contribution in [0.4, 0.5) is 0 Å². The van der Waals surface area contributed by atoms with Crippen LogP contribution in [0.1, 0.15) is 37.5 Å². The largest absolute Gasteiger partial charge is 0.321 e. The molecule has 0 saturated carbocycles. The molecule has 1 unspecified atom stereocenters. The smallest absolute Gasteiger partial charge is 0.167 e. The Bertz CT molecular complexity index is 287. The summed E-state index contributed by atoms with van der Waals surface area (Å²) in [4.78, 5) is 6.72. The van der Waals surface area contributed by atoms with Crippen LogP contribution in [-0.2, 0) is 6.54 Å². The van der Waals surface area contributed by atoms with Crippen LogP contribution in [0.2, 0.25) is 0 Å². The molecule has 0 radical (unpaired) electrons. The Morgan fingerprint density at radius 1 is 1.50 bits per heavy atom. The maximum absolute atomic E-state index is 5.68. The molecule has 1 saturated heterocycles. The van der Waals surface area contributed by atoms with E-state index in [4.69, 9.17) is 5.73 Å². The van der Waals surface area contributed by atoms with Gasteiger partial charge in [-0.05, 0) is 32.9 Å². The Hall–Kier alpha value is -0.940. The normalized spacial score (nSPS) is 20.1. The highest BCUT2D eigenvalue weighted by molar-refractivity contribution is 4.94. The molecule has 1 aromatic heterocycles. The number of H-pyrrole nitrogens is 1. The van der Waals surface area contributed by atoms with E-state index in [1.54, 1.807) is 0 Å². The van der Waals surface area contributed by atoms with Gasteiger partial charge in [-0.3, -0.25) is 10.00 Å². The van der Waals surface area contributed by atoms with Crippen LogP contribution in [0.15, 0.2) is 0 Å². The molecule has 1 aromatic rings. The van der Waals surface area contributed by atoms with Crippen molar-refractivity contribution < 1.29 is 0 Å². The molecule has 2 rings (SSSR count). The average Bonchev–Trinajstić information content (AvgIpc) is 2.75. The maximum atomic E-state index is 5.68. The monoisotopic (exact) mass is 195 g/mol. The molecule has 1 aliphatic heterocycles. The number of hydrogen-bond acceptors (Lipinski definition) is 4. The number of nitrogens with zero attached hydrogens (tertiary/aromatic N) is 3. The lowest BCUT2D eigenvalue weighted by atomic mass is 10.3. The number of rotatable bonds is 3. The number of hydrogen-bond donors (Lipinski definition) is 2. The molecule has 5 nitrogen and oxygen atoms in total. The predicted molar refractivity (Wildman–Crippen MR) is 53.5 cm³/mol. The second kappa shape index (κ2) is 4.06. The average molecular weight is 195 g/mol. The highest BCUT2D eigenvalue weighted by atomic mass is 15.3. The van der Waals surface area contributed by atoms with E-state index in [9.17, 15) is 0 Å². The van der Waals surface area contributed by atoms with E-state index in [-0.39, 0.29) is 6.04 Å². The summed E-state index contributed by atoms with van der Waals surface area (Å²) in [5.41, 5.74) is 5.68. The molecule has 0 aromatic carbocycles. The second-order valence-corrected chi connectivity index (χ2v) is 3.91. The third-order valence-electron chi connectivity index (χ3n) is 2.53. The van der Waals surface area contributed by atoms with Gasteiger partial charge in [0, 0.05) is 0 Å². The first-order valence-corrected chi connectivity index (χ1v) is 5.15. The van der Waals surface area contributed by atoms with Gasteiger partial charge in [-0.15, -0.1) is 0 Å². The Morgan fingerprint density at radius 2 is 2.21 bits per heavy atom. The van der Waals surface area contributed by atoms with Crippen molar-refractivity contribution in [3.05, 3.63) is 11.6 Å². The fourth-order valence-electron chi connectivity index (χ4n) is 1.74. The van der Waals surface area contributed by atoms with E-state index in [0.29, 0.717) is 5.82 Å². The van der Waals surface area contributed by atoms with Crippen molar-refractivity contribution in [3.63, 3.8) is 0 Å². The van der Waals surface area contributed by atoms with E-state index in [2.05, 4.69) is 20.1 Å². The standard InChI is InChI=1S/C9H17N5/c1-7(10)9-11-8(12-13-9)6-14-4-2-3-5-14/h7H,2-6,10H2,1H3,(H,11,12,13). The second-order valence-electron chi connectivity index (χ2n) is 3.91. The van der Waals surface area contributed by atoms with Crippen LogP contribution in [-0.4, -0.2) is 33.2 Å². The Morgan fingerprint density at radius 3 is 2.79 bits per heavy atom. The number of nitrogens with one attached hydrogen (secondary N) is 1. The minimum Gasteiger partial charge on any atom is -0.321 e. The quantitative estimate of drug-likeness (QED) is 0.733. The highest BCUT2D eigenvalue weighted by Crippen LogP contribution is 2.11. The van der Waals surface area contributed by atoms with Crippen LogP contribution in [0.5, 0.6) is 0 Å². The van der Waals surface area contributed by atoms with E-state index in [1.165, 1.54) is 25.9 Å². The van der Waals surface area contributed by atoms with Crippen LogP contribution < -0.4 is 5.73 Å². The van der Waals surface area contributed by atoms with Crippen molar-refractivity contribution in [2.75, 3.05) is 13.1 Å². The summed E-state index contributed by atoms with van der Waals surface area (Å²) in [6, 6.07) is -0.0846. The number of nitrogens with two attached hydrogens (primary N) is 1. The summed E-state index contributed by atoms with van der Waals surface area (Å²) in [5.74, 6) is 1.64. The zero-order valence-electron chi connectivity index (χ0n) is 8.53. The van der Waals surface area contributed by atoms with Gasteiger partial charge in [0.05, 0.1) is 12.6 Å². The van der Waals surface area contributed by atoms with Gasteiger partial charge in [0.1, 0.15) is 5.82 Å². The molecular formula is C9H17N5. The summed E-state index contributed by atoms with van der Waals surface area (Å²) in [7, 11) is 0. The van der Waals surface area contributed by atoms with Crippen molar-refractivity contribution in [2.24, 2.45) is 5.73 Å². The molecule has 0 amide bonds. The zero-order chi connectivity index (χ0) is 9.97. The molecule has 3 N–H and O–H groups in total. The van der Waals surface area contributed by atoms with Crippen molar-refractivity contribution in [3.8, 4) is 0 Å². The third kappa shape index (κ3) is 2.10. The van der Waals surface area contributed by atoms with Gasteiger partial charge in [0.15, 0.2) is 5.82 Å². The van der Waals surface area contributed by atoms with Crippen LogP contribution in [0, 0.1) is 0 Å². The van der Waals surface area contributed by atoms with Gasteiger partial charge in [0.2, 0.25) is 0 Å². The minimum absolute atomic E-state index is 0.0846. The van der Waals surface area contributed by atoms with Gasteiger partial charge >= 0.3 is 0 Å². The number of aromatic nitrogens is 3. The van der Waals surface area contributed by atoms with Crippen molar-refractivity contribution in [1.82, 2.24) is 20.1 Å². The first kappa shape index (κ1) is 9.61. The van der Waals surface area contributed by atoms with E-state index < -0.39 is 0 Å². The van der Waals surface area contributed by atoms with Gasteiger partial charge in [-0.2, -0.15) is 5.10 Å². The van der Waals surface area contributed by atoms with Crippen LogP contribution in [0.3, 0.4) is 0 Å². The molecule has 1 atom stereocenters. The Labute approximate surface area is 83.7 Å². The molecule has 5 heteroatoms.